The second-order valence-corrected chi connectivity index (χ2v) is 13.1. The van der Waals surface area contributed by atoms with Crippen LogP contribution in [0.1, 0.15) is 126 Å². The van der Waals surface area contributed by atoms with Gasteiger partial charge in [0, 0.05) is 44.7 Å². The third kappa shape index (κ3) is 14.2. The Bertz CT molecular complexity index is 915. The number of carbonyl (C=O) groups excluding carboxylic acids is 2. The second-order valence-electron chi connectivity index (χ2n) is 11.3. The standard InChI is InChI=1S/C32H55N3O4S/c1-2-3-4-5-6-7-8-9-10-11-12-13-14-15-19-23-31(36)33-24-20-25-34-26-28-35(29-27-34)40(38,39)32(37)30-21-17-16-18-22-30/h16-18,21-22H,2-15,19-20,23-29H2,1H3,(H,33,36). The molecule has 8 heteroatoms. The fraction of sp³-hybridized carbons (Fsp3) is 0.750. The number of unbranched alkanes of at least 4 members (excludes halogenated alkanes) is 14. The maximum absolute atomic E-state index is 12.7. The molecule has 1 aromatic carbocycles. The van der Waals surface area contributed by atoms with Crippen molar-refractivity contribution in [1.29, 1.82) is 0 Å². The van der Waals surface area contributed by atoms with Crippen LogP contribution in [0.25, 0.3) is 0 Å². The normalized spacial score (nSPS) is 14.8. The molecule has 2 rings (SSSR count). The smallest absolute Gasteiger partial charge is 0.291 e. The van der Waals surface area contributed by atoms with Crippen LogP contribution < -0.4 is 5.32 Å². The molecule has 1 saturated heterocycles. The highest BCUT2D eigenvalue weighted by Gasteiger charge is 2.33. The monoisotopic (exact) mass is 577 g/mol. The predicted molar refractivity (Wildman–Crippen MR) is 165 cm³/mol. The first-order chi connectivity index (χ1) is 19.4. The molecule has 1 aromatic rings. The number of nitrogens with zero attached hydrogens (tertiary/aromatic N) is 2. The summed E-state index contributed by atoms with van der Waals surface area (Å²) in [5.74, 6) is 0.130. The first-order valence-electron chi connectivity index (χ1n) is 16.0. The van der Waals surface area contributed by atoms with Gasteiger partial charge >= 0.3 is 0 Å². The summed E-state index contributed by atoms with van der Waals surface area (Å²) in [4.78, 5) is 26.8. The van der Waals surface area contributed by atoms with Crippen molar-refractivity contribution in [2.45, 2.75) is 116 Å². The molecule has 0 aliphatic carbocycles. The highest BCUT2D eigenvalue weighted by molar-refractivity contribution is 8.04. The zero-order valence-corrected chi connectivity index (χ0v) is 25.9. The van der Waals surface area contributed by atoms with Gasteiger partial charge in [-0.25, -0.2) is 8.42 Å². The highest BCUT2D eigenvalue weighted by Crippen LogP contribution is 2.15. The first-order valence-corrected chi connectivity index (χ1v) is 17.5. The van der Waals surface area contributed by atoms with E-state index in [0.717, 1.165) is 25.8 Å². The van der Waals surface area contributed by atoms with E-state index < -0.39 is 15.1 Å². The molecule has 7 nitrogen and oxygen atoms in total. The molecule has 0 unspecified atom stereocenters. The van der Waals surface area contributed by atoms with E-state index >= 15 is 0 Å². The number of piperazine rings is 1. The van der Waals surface area contributed by atoms with Crippen molar-refractivity contribution in [3.63, 3.8) is 0 Å². The van der Waals surface area contributed by atoms with Gasteiger partial charge in [0.25, 0.3) is 15.1 Å². The fourth-order valence-corrected chi connectivity index (χ4v) is 6.62. The lowest BCUT2D eigenvalue weighted by Crippen LogP contribution is -2.50. The van der Waals surface area contributed by atoms with Gasteiger partial charge in [-0.3, -0.25) is 9.59 Å². The van der Waals surface area contributed by atoms with E-state index in [-0.39, 0.29) is 11.5 Å². The zero-order valence-electron chi connectivity index (χ0n) is 25.1. The fourth-order valence-electron chi connectivity index (χ4n) is 5.31. The lowest BCUT2D eigenvalue weighted by Gasteiger charge is -2.33. The molecule has 1 aliphatic heterocycles. The Kier molecular flexibility index (Phi) is 18.1. The second kappa shape index (κ2) is 21.0. The minimum absolute atomic E-state index is 0.130. The third-order valence-corrected chi connectivity index (χ3v) is 9.64. The van der Waals surface area contributed by atoms with Gasteiger partial charge in [0.15, 0.2) is 0 Å². The Hall–Kier alpha value is -1.77. The summed E-state index contributed by atoms with van der Waals surface area (Å²) in [5, 5.41) is 2.19. The number of amides is 1. The van der Waals surface area contributed by atoms with E-state index in [9.17, 15) is 18.0 Å². The molecule has 0 radical (unpaired) electrons. The first kappa shape index (κ1) is 34.4. The van der Waals surface area contributed by atoms with Gasteiger partial charge in [-0.2, -0.15) is 4.31 Å². The van der Waals surface area contributed by atoms with Crippen molar-refractivity contribution in [2.24, 2.45) is 0 Å². The summed E-state index contributed by atoms with van der Waals surface area (Å²) in [7, 11) is -3.99. The summed E-state index contributed by atoms with van der Waals surface area (Å²) < 4.78 is 26.7. The molecule has 1 aliphatic rings. The molecule has 228 valence electrons. The van der Waals surface area contributed by atoms with E-state index in [4.69, 9.17) is 0 Å². The molecule has 1 amide bonds. The molecule has 0 spiro atoms. The van der Waals surface area contributed by atoms with Gasteiger partial charge in [-0.1, -0.05) is 127 Å². The lowest BCUT2D eigenvalue weighted by atomic mass is 10.0. The van der Waals surface area contributed by atoms with Crippen LogP contribution in [0, 0.1) is 0 Å². The molecule has 1 heterocycles. The Morgan fingerprint density at radius 1 is 0.700 bits per heavy atom. The van der Waals surface area contributed by atoms with Gasteiger partial charge < -0.3 is 10.2 Å². The molecule has 0 saturated carbocycles. The van der Waals surface area contributed by atoms with Crippen LogP contribution in [0.5, 0.6) is 0 Å². The average Bonchev–Trinajstić information content (AvgIpc) is 2.97. The zero-order chi connectivity index (χ0) is 28.9. The average molecular weight is 578 g/mol. The van der Waals surface area contributed by atoms with Crippen molar-refractivity contribution >= 4 is 21.0 Å². The summed E-state index contributed by atoms with van der Waals surface area (Å²) >= 11 is 0. The Morgan fingerprint density at radius 2 is 1.20 bits per heavy atom. The maximum Gasteiger partial charge on any atom is 0.291 e. The summed E-state index contributed by atoms with van der Waals surface area (Å²) in [6.45, 7) is 5.52. The van der Waals surface area contributed by atoms with E-state index in [0.29, 0.717) is 39.1 Å². The van der Waals surface area contributed by atoms with Gasteiger partial charge in [0.05, 0.1) is 0 Å². The number of benzene rings is 1. The highest BCUT2D eigenvalue weighted by atomic mass is 32.2. The van der Waals surface area contributed by atoms with Crippen molar-refractivity contribution in [1.82, 2.24) is 14.5 Å². The van der Waals surface area contributed by atoms with Crippen molar-refractivity contribution < 1.29 is 18.0 Å². The summed E-state index contributed by atoms with van der Waals surface area (Å²) in [6, 6.07) is 8.15. The molecular weight excluding hydrogens is 522 g/mol. The van der Waals surface area contributed by atoms with Crippen LogP contribution in [0.4, 0.5) is 0 Å². The molecule has 0 atom stereocenters. The largest absolute Gasteiger partial charge is 0.356 e. The number of carbonyl (C=O) groups is 2. The summed E-state index contributed by atoms with van der Waals surface area (Å²) in [6.07, 6.45) is 21.3. The number of sulfonamides is 1. The predicted octanol–water partition coefficient (Wildman–Crippen LogP) is 6.54. The van der Waals surface area contributed by atoms with E-state index in [1.54, 1.807) is 18.2 Å². The number of hydrogen-bond donors (Lipinski definition) is 1. The Labute approximate surface area is 244 Å². The molecular formula is C32H55N3O4S. The van der Waals surface area contributed by atoms with Gasteiger partial charge in [-0.15, -0.1) is 0 Å². The van der Waals surface area contributed by atoms with Crippen molar-refractivity contribution in [3.8, 4) is 0 Å². The quantitative estimate of drug-likeness (QED) is 0.158. The van der Waals surface area contributed by atoms with Gasteiger partial charge in [-0.05, 0) is 19.4 Å². The molecule has 0 bridgehead atoms. The number of hydrogen-bond acceptors (Lipinski definition) is 5. The molecule has 40 heavy (non-hydrogen) atoms. The lowest BCUT2D eigenvalue weighted by molar-refractivity contribution is -0.121. The Morgan fingerprint density at radius 3 is 1.73 bits per heavy atom. The van der Waals surface area contributed by atoms with Crippen LogP contribution in [-0.4, -0.2) is 67.9 Å². The minimum Gasteiger partial charge on any atom is -0.356 e. The molecule has 0 aromatic heterocycles. The van der Waals surface area contributed by atoms with Crippen LogP contribution >= 0.6 is 0 Å². The van der Waals surface area contributed by atoms with E-state index in [1.165, 1.54) is 99.9 Å². The maximum atomic E-state index is 12.7. The summed E-state index contributed by atoms with van der Waals surface area (Å²) in [5.41, 5.74) is 0.199. The third-order valence-electron chi connectivity index (χ3n) is 7.90. The SMILES string of the molecule is CCCCCCCCCCCCCCCCCC(=O)NCCCN1CCN(S(=O)(=O)C(=O)c2ccccc2)CC1. The van der Waals surface area contributed by atoms with Crippen LogP contribution in [-0.2, 0) is 14.8 Å². The topological polar surface area (TPSA) is 86.8 Å². The minimum atomic E-state index is -3.99. The van der Waals surface area contributed by atoms with Crippen molar-refractivity contribution in [2.75, 3.05) is 39.3 Å². The van der Waals surface area contributed by atoms with Crippen LogP contribution in [0.2, 0.25) is 0 Å². The van der Waals surface area contributed by atoms with Gasteiger partial charge in [0.1, 0.15) is 0 Å². The van der Waals surface area contributed by atoms with Gasteiger partial charge in [0.2, 0.25) is 5.91 Å². The van der Waals surface area contributed by atoms with E-state index in [1.807, 2.05) is 0 Å². The van der Waals surface area contributed by atoms with Crippen LogP contribution in [0.3, 0.4) is 0 Å². The number of nitrogens with one attached hydrogen (secondary N) is 1. The molecule has 1 fully saturated rings. The van der Waals surface area contributed by atoms with E-state index in [2.05, 4.69) is 17.1 Å². The Balaban J connectivity index is 1.39. The number of rotatable bonds is 22. The van der Waals surface area contributed by atoms with Crippen LogP contribution in [0.15, 0.2) is 30.3 Å². The van der Waals surface area contributed by atoms with Crippen molar-refractivity contribution in [3.05, 3.63) is 35.9 Å². The molecule has 1 N–H and O–H groups in total.